The number of likely N-dealkylation sites (tertiary alicyclic amines) is 1. The lowest BCUT2D eigenvalue weighted by Gasteiger charge is -2.20. The fourth-order valence-corrected chi connectivity index (χ4v) is 3.64. The molecule has 98 valence electrons. The van der Waals surface area contributed by atoms with Crippen LogP contribution in [0.4, 0.5) is 5.69 Å². The molecule has 2 unspecified atom stereocenters. The Hall–Kier alpha value is -0.540. The Morgan fingerprint density at radius 2 is 2.11 bits per heavy atom. The van der Waals surface area contributed by atoms with Crippen molar-refractivity contribution in [3.63, 3.8) is 0 Å². The molecule has 1 saturated carbocycles. The highest BCUT2D eigenvalue weighted by atomic mass is 79.9. The Labute approximate surface area is 118 Å². The molecule has 1 aromatic carbocycles. The molecule has 1 saturated heterocycles. The van der Waals surface area contributed by atoms with Crippen LogP contribution >= 0.6 is 15.9 Å². The second-order valence-corrected chi connectivity index (χ2v) is 6.69. The molecule has 18 heavy (non-hydrogen) atoms. The summed E-state index contributed by atoms with van der Waals surface area (Å²) in [6.07, 6.45) is 4.08. The zero-order chi connectivity index (χ0) is 12.7. The summed E-state index contributed by atoms with van der Waals surface area (Å²) in [5.74, 6) is 0. The fraction of sp³-hybridized carbons (Fsp3) is 0.600. The van der Waals surface area contributed by atoms with Gasteiger partial charge in [0.05, 0.1) is 0 Å². The molecular weight excluding hydrogens is 288 g/mol. The fourth-order valence-electron chi connectivity index (χ4n) is 3.03. The Morgan fingerprint density at radius 1 is 1.33 bits per heavy atom. The lowest BCUT2D eigenvalue weighted by molar-refractivity contribution is 0.257. The van der Waals surface area contributed by atoms with Crippen LogP contribution in [0.15, 0.2) is 22.7 Å². The van der Waals surface area contributed by atoms with E-state index < -0.39 is 0 Å². The number of nitrogens with one attached hydrogen (secondary N) is 1. The molecule has 3 heteroatoms. The first-order chi connectivity index (χ1) is 8.63. The molecule has 1 heterocycles. The average Bonchev–Trinajstić information content (AvgIpc) is 3.08. The molecule has 2 atom stereocenters. The summed E-state index contributed by atoms with van der Waals surface area (Å²) in [5.41, 5.74) is 2.53. The molecule has 1 aliphatic carbocycles. The minimum Gasteiger partial charge on any atom is -0.380 e. The molecule has 0 radical (unpaired) electrons. The summed E-state index contributed by atoms with van der Waals surface area (Å²) in [4.78, 5) is 2.68. The highest BCUT2D eigenvalue weighted by molar-refractivity contribution is 9.10. The van der Waals surface area contributed by atoms with Crippen LogP contribution in [0.5, 0.6) is 0 Å². The van der Waals surface area contributed by atoms with Crippen molar-refractivity contribution in [1.29, 1.82) is 0 Å². The molecular formula is C15H21BrN2. The van der Waals surface area contributed by atoms with E-state index >= 15 is 0 Å². The quantitative estimate of drug-likeness (QED) is 0.914. The van der Waals surface area contributed by atoms with Crippen LogP contribution in [0.25, 0.3) is 0 Å². The number of halogens is 1. The Morgan fingerprint density at radius 3 is 2.78 bits per heavy atom. The lowest BCUT2D eigenvalue weighted by atomic mass is 10.1. The first-order valence-electron chi connectivity index (χ1n) is 6.92. The molecule has 0 amide bonds. The van der Waals surface area contributed by atoms with Gasteiger partial charge in [0.2, 0.25) is 0 Å². The van der Waals surface area contributed by atoms with Gasteiger partial charge in [-0.05, 0) is 66.7 Å². The Balaban J connectivity index is 1.66. The van der Waals surface area contributed by atoms with Gasteiger partial charge in [0.25, 0.3) is 0 Å². The highest BCUT2D eigenvalue weighted by Crippen LogP contribution is 2.34. The van der Waals surface area contributed by atoms with E-state index in [1.54, 1.807) is 0 Å². The van der Waals surface area contributed by atoms with Crippen LogP contribution in [-0.2, 0) is 0 Å². The Bertz CT molecular complexity index is 442. The maximum Gasteiger partial charge on any atom is 0.0487 e. The molecule has 2 nitrogen and oxygen atoms in total. The summed E-state index contributed by atoms with van der Waals surface area (Å²) in [5, 5.41) is 3.69. The third kappa shape index (κ3) is 2.57. The van der Waals surface area contributed by atoms with Gasteiger partial charge in [0.1, 0.15) is 0 Å². The predicted molar refractivity (Wildman–Crippen MR) is 80.1 cm³/mol. The van der Waals surface area contributed by atoms with Crippen molar-refractivity contribution in [2.24, 2.45) is 0 Å². The van der Waals surface area contributed by atoms with Crippen LogP contribution in [-0.4, -0.2) is 29.6 Å². The van der Waals surface area contributed by atoms with Gasteiger partial charge in [-0.3, -0.25) is 4.90 Å². The van der Waals surface area contributed by atoms with Gasteiger partial charge in [-0.15, -0.1) is 0 Å². The molecule has 1 N–H and O–H groups in total. The zero-order valence-electron chi connectivity index (χ0n) is 11.1. The van der Waals surface area contributed by atoms with Gasteiger partial charge in [-0.2, -0.15) is 0 Å². The molecule has 1 aliphatic heterocycles. The summed E-state index contributed by atoms with van der Waals surface area (Å²) < 4.78 is 1.18. The van der Waals surface area contributed by atoms with E-state index in [9.17, 15) is 0 Å². The summed E-state index contributed by atoms with van der Waals surface area (Å²) in [7, 11) is 0. The average molecular weight is 309 g/mol. The maximum atomic E-state index is 3.69. The minimum absolute atomic E-state index is 0.597. The van der Waals surface area contributed by atoms with E-state index in [1.807, 2.05) is 0 Å². The van der Waals surface area contributed by atoms with Gasteiger partial charge in [0.15, 0.2) is 0 Å². The van der Waals surface area contributed by atoms with E-state index in [4.69, 9.17) is 0 Å². The number of aryl methyl sites for hydroxylation is 1. The molecule has 3 rings (SSSR count). The van der Waals surface area contributed by atoms with Gasteiger partial charge >= 0.3 is 0 Å². The monoisotopic (exact) mass is 308 g/mol. The van der Waals surface area contributed by atoms with Crippen molar-refractivity contribution < 1.29 is 0 Å². The first-order valence-corrected chi connectivity index (χ1v) is 7.71. The standard InChI is InChI=1S/C15H21BrN2/c1-10-3-6-15(14(16)7-10)17-12-8-11(2)18(9-12)13-4-5-13/h3,6-7,11-13,17H,4-5,8-9H2,1-2H3. The first kappa shape index (κ1) is 12.5. The van der Waals surface area contributed by atoms with Crippen molar-refractivity contribution in [2.75, 3.05) is 11.9 Å². The molecule has 1 aromatic rings. The van der Waals surface area contributed by atoms with E-state index in [1.165, 1.54) is 41.5 Å². The number of rotatable bonds is 3. The number of nitrogens with zero attached hydrogens (tertiary/aromatic N) is 1. The molecule has 0 aromatic heterocycles. The summed E-state index contributed by atoms with van der Waals surface area (Å²) in [6.45, 7) is 5.69. The highest BCUT2D eigenvalue weighted by Gasteiger charge is 2.38. The third-order valence-corrected chi connectivity index (χ3v) is 4.78. The van der Waals surface area contributed by atoms with Gasteiger partial charge in [0, 0.05) is 34.8 Å². The lowest BCUT2D eigenvalue weighted by Crippen LogP contribution is -2.31. The van der Waals surface area contributed by atoms with E-state index in [0.717, 1.165) is 12.1 Å². The zero-order valence-corrected chi connectivity index (χ0v) is 12.7. The van der Waals surface area contributed by atoms with Crippen LogP contribution in [0, 0.1) is 6.92 Å². The second kappa shape index (κ2) is 4.86. The molecule has 0 bridgehead atoms. The predicted octanol–water partition coefficient (Wildman–Crippen LogP) is 3.79. The largest absolute Gasteiger partial charge is 0.380 e. The van der Waals surface area contributed by atoms with Crippen LogP contribution in [0.1, 0.15) is 31.7 Å². The van der Waals surface area contributed by atoms with E-state index in [0.29, 0.717) is 6.04 Å². The number of hydrogen-bond acceptors (Lipinski definition) is 2. The number of anilines is 1. The summed E-state index contributed by atoms with van der Waals surface area (Å²) >= 11 is 3.65. The Kier molecular flexibility index (Phi) is 3.37. The van der Waals surface area contributed by atoms with Crippen molar-refractivity contribution in [3.8, 4) is 0 Å². The molecule has 2 aliphatic rings. The SMILES string of the molecule is Cc1ccc(NC2CC(C)N(C3CC3)C2)c(Br)c1. The van der Waals surface area contributed by atoms with Crippen LogP contribution in [0.3, 0.4) is 0 Å². The van der Waals surface area contributed by atoms with Crippen LogP contribution in [0.2, 0.25) is 0 Å². The second-order valence-electron chi connectivity index (χ2n) is 5.84. The van der Waals surface area contributed by atoms with Gasteiger partial charge < -0.3 is 5.32 Å². The maximum absolute atomic E-state index is 3.69. The van der Waals surface area contributed by atoms with Crippen molar-refractivity contribution in [1.82, 2.24) is 4.90 Å². The molecule has 0 spiro atoms. The smallest absolute Gasteiger partial charge is 0.0487 e. The van der Waals surface area contributed by atoms with Crippen LogP contribution < -0.4 is 5.32 Å². The van der Waals surface area contributed by atoms with Crippen molar-refractivity contribution in [2.45, 2.75) is 51.2 Å². The van der Waals surface area contributed by atoms with Crippen molar-refractivity contribution in [3.05, 3.63) is 28.2 Å². The minimum atomic E-state index is 0.597. The molecule has 2 fully saturated rings. The van der Waals surface area contributed by atoms with E-state index in [2.05, 4.69) is 58.2 Å². The van der Waals surface area contributed by atoms with Gasteiger partial charge in [-0.1, -0.05) is 6.07 Å². The van der Waals surface area contributed by atoms with E-state index in [-0.39, 0.29) is 0 Å². The normalized spacial score (nSPS) is 28.6. The number of hydrogen-bond donors (Lipinski definition) is 1. The number of benzene rings is 1. The van der Waals surface area contributed by atoms with Gasteiger partial charge in [-0.25, -0.2) is 0 Å². The van der Waals surface area contributed by atoms with Crippen molar-refractivity contribution >= 4 is 21.6 Å². The summed E-state index contributed by atoms with van der Waals surface area (Å²) in [6, 6.07) is 8.75. The third-order valence-electron chi connectivity index (χ3n) is 4.12. The topological polar surface area (TPSA) is 15.3 Å².